The molecule has 0 aliphatic carbocycles. The number of nitrogens with one attached hydrogen (secondary N) is 2. The second-order valence-electron chi connectivity index (χ2n) is 7.42. The topological polar surface area (TPSA) is 83.3 Å². The smallest absolute Gasteiger partial charge is 0.331 e. The summed E-state index contributed by atoms with van der Waals surface area (Å²) in [6, 6.07) is 8.62. The van der Waals surface area contributed by atoms with Gasteiger partial charge in [0.1, 0.15) is 0 Å². The molecule has 0 bridgehead atoms. The third-order valence-electron chi connectivity index (χ3n) is 5.47. The van der Waals surface area contributed by atoms with Crippen molar-refractivity contribution in [1.29, 1.82) is 0 Å². The van der Waals surface area contributed by atoms with E-state index in [1.54, 1.807) is 0 Å². The summed E-state index contributed by atoms with van der Waals surface area (Å²) in [5.74, 6) is -2.06. The largest absolute Gasteiger partial charge is 0.333 e. The zero-order valence-electron chi connectivity index (χ0n) is 16.4. The lowest BCUT2D eigenvalue weighted by atomic mass is 9.96. The number of hydrogen-bond acceptors (Lipinski definition) is 4. The first-order valence-electron chi connectivity index (χ1n) is 10.2. The number of urea groups is 1. The molecule has 7 heteroatoms. The summed E-state index contributed by atoms with van der Waals surface area (Å²) in [6.07, 6.45) is 4.31. The number of piperidine rings is 1. The first kappa shape index (κ1) is 20.2. The molecule has 2 fully saturated rings. The van der Waals surface area contributed by atoms with Crippen molar-refractivity contribution in [2.24, 2.45) is 10.9 Å². The number of hydrogen-bond donors (Lipinski definition) is 2. The zero-order valence-corrected chi connectivity index (χ0v) is 16.4. The van der Waals surface area contributed by atoms with E-state index in [0.717, 1.165) is 17.0 Å². The van der Waals surface area contributed by atoms with Crippen LogP contribution in [0.2, 0.25) is 0 Å². The number of amides is 4. The summed E-state index contributed by atoms with van der Waals surface area (Å²) in [4.78, 5) is 44.9. The molecular weight excluding hydrogens is 356 g/mol. The van der Waals surface area contributed by atoms with Crippen molar-refractivity contribution in [3.8, 4) is 0 Å². The molecule has 2 N–H and O–H groups in total. The number of aliphatic imine (C=N–C) groups is 1. The highest BCUT2D eigenvalue weighted by Gasteiger charge is 2.42. The molecule has 28 heavy (non-hydrogen) atoms. The van der Waals surface area contributed by atoms with E-state index in [0.29, 0.717) is 18.7 Å². The summed E-state index contributed by atoms with van der Waals surface area (Å²) in [7, 11) is 0. The molecule has 2 aliphatic heterocycles. The fraction of sp³-hybridized carbons (Fsp3) is 0.524. The van der Waals surface area contributed by atoms with Gasteiger partial charge in [-0.05, 0) is 31.2 Å². The second kappa shape index (κ2) is 9.59. The summed E-state index contributed by atoms with van der Waals surface area (Å²) in [5.41, 5.74) is 1.40. The molecular formula is C21H29N4O3+. The van der Waals surface area contributed by atoms with Gasteiger partial charge in [-0.15, -0.1) is 0 Å². The first-order valence-corrected chi connectivity index (χ1v) is 10.2. The highest BCUT2D eigenvalue weighted by atomic mass is 16.2. The van der Waals surface area contributed by atoms with Crippen LogP contribution in [-0.2, 0) is 16.1 Å². The summed E-state index contributed by atoms with van der Waals surface area (Å²) >= 11 is 0. The van der Waals surface area contributed by atoms with Crippen LogP contribution >= 0.6 is 0 Å². The van der Waals surface area contributed by atoms with Crippen molar-refractivity contribution >= 4 is 23.6 Å². The molecule has 7 nitrogen and oxygen atoms in total. The zero-order chi connectivity index (χ0) is 19.9. The fourth-order valence-corrected chi connectivity index (χ4v) is 3.89. The number of carbonyl (C=O) groups excluding carboxylic acids is 3. The van der Waals surface area contributed by atoms with Gasteiger partial charge < -0.3 is 4.90 Å². The minimum Gasteiger partial charge on any atom is -0.333 e. The van der Waals surface area contributed by atoms with Gasteiger partial charge in [0.05, 0.1) is 32.7 Å². The average Bonchev–Trinajstić information content (AvgIpc) is 2.71. The summed E-state index contributed by atoms with van der Waals surface area (Å²) in [5, 5.41) is 2.33. The van der Waals surface area contributed by atoms with Gasteiger partial charge in [-0.3, -0.25) is 24.8 Å². The molecule has 2 aliphatic rings. The second-order valence-corrected chi connectivity index (χ2v) is 7.42. The summed E-state index contributed by atoms with van der Waals surface area (Å²) < 4.78 is 0. The standard InChI is InChI=1S/C21H28N4O3/c1-2-17(22-11-14-24-12-7-4-8-13-24)18-19(26)23-21(28)25(20(18)27)15-16-9-5-3-6-10-16/h3,5-6,9-10,18H,2,4,7-8,11-15H2,1H3,(H,23,26,28)/p+1. The Morgan fingerprint density at radius 2 is 1.86 bits per heavy atom. The molecule has 0 radical (unpaired) electrons. The van der Waals surface area contributed by atoms with E-state index in [1.165, 1.54) is 37.3 Å². The molecule has 2 saturated heterocycles. The molecule has 3 rings (SSSR count). The Kier molecular flexibility index (Phi) is 6.92. The number of barbiturate groups is 1. The van der Waals surface area contributed by atoms with Gasteiger partial charge in [0.15, 0.2) is 5.92 Å². The quantitative estimate of drug-likeness (QED) is 0.538. The van der Waals surface area contributed by atoms with Crippen LogP contribution in [0.1, 0.15) is 38.2 Å². The van der Waals surface area contributed by atoms with E-state index < -0.39 is 23.8 Å². The third kappa shape index (κ3) is 4.84. The maximum absolute atomic E-state index is 13.0. The summed E-state index contributed by atoms with van der Waals surface area (Å²) in [6.45, 7) is 5.88. The Bertz CT molecular complexity index is 741. The van der Waals surface area contributed by atoms with Gasteiger partial charge in [0.25, 0.3) is 0 Å². The molecule has 4 amide bonds. The van der Waals surface area contributed by atoms with Gasteiger partial charge in [-0.2, -0.15) is 0 Å². The number of likely N-dealkylation sites (tertiary alicyclic amines) is 1. The first-order chi connectivity index (χ1) is 13.6. The highest BCUT2D eigenvalue weighted by molar-refractivity contribution is 6.27. The van der Waals surface area contributed by atoms with E-state index >= 15 is 0 Å². The maximum atomic E-state index is 13.0. The van der Waals surface area contributed by atoms with Crippen LogP contribution in [0, 0.1) is 5.92 Å². The highest BCUT2D eigenvalue weighted by Crippen LogP contribution is 2.17. The molecule has 1 unspecified atom stereocenters. The minimum atomic E-state index is -1.01. The van der Waals surface area contributed by atoms with Crippen molar-refractivity contribution in [3.63, 3.8) is 0 Å². The van der Waals surface area contributed by atoms with Crippen LogP contribution in [0.4, 0.5) is 4.79 Å². The Morgan fingerprint density at radius 3 is 2.54 bits per heavy atom. The van der Waals surface area contributed by atoms with Crippen LogP contribution in [-0.4, -0.2) is 54.6 Å². The number of quaternary nitrogens is 1. The van der Waals surface area contributed by atoms with Crippen LogP contribution in [0.25, 0.3) is 0 Å². The number of imide groups is 2. The van der Waals surface area contributed by atoms with Gasteiger partial charge in [-0.1, -0.05) is 37.3 Å². The molecule has 1 atom stereocenters. The molecule has 1 aromatic carbocycles. The number of benzene rings is 1. The Hall–Kier alpha value is -2.54. The van der Waals surface area contributed by atoms with Gasteiger partial charge >= 0.3 is 6.03 Å². The molecule has 0 spiro atoms. The Balaban J connectivity index is 1.69. The lowest BCUT2D eigenvalue weighted by Crippen LogP contribution is -3.13. The molecule has 0 aromatic heterocycles. The molecule has 150 valence electrons. The van der Waals surface area contributed by atoms with E-state index in [2.05, 4.69) is 10.3 Å². The maximum Gasteiger partial charge on any atom is 0.331 e. The van der Waals surface area contributed by atoms with Gasteiger partial charge in [-0.25, -0.2) is 4.79 Å². The van der Waals surface area contributed by atoms with Crippen molar-refractivity contribution < 1.29 is 19.3 Å². The van der Waals surface area contributed by atoms with E-state index in [4.69, 9.17) is 0 Å². The predicted octanol–water partition coefficient (Wildman–Crippen LogP) is 0.801. The van der Waals surface area contributed by atoms with Gasteiger partial charge in [0.2, 0.25) is 11.8 Å². The van der Waals surface area contributed by atoms with Crippen LogP contribution in [0.15, 0.2) is 35.3 Å². The van der Waals surface area contributed by atoms with E-state index in [9.17, 15) is 14.4 Å². The fourth-order valence-electron chi connectivity index (χ4n) is 3.89. The van der Waals surface area contributed by atoms with Crippen molar-refractivity contribution in [2.75, 3.05) is 26.2 Å². The Morgan fingerprint density at radius 1 is 1.14 bits per heavy atom. The lowest BCUT2D eigenvalue weighted by Gasteiger charge is -2.30. The van der Waals surface area contributed by atoms with Gasteiger partial charge in [0, 0.05) is 5.71 Å². The SMILES string of the molecule is CCC(=NCC[NH+]1CCCCC1)C1C(=O)NC(=O)N(Cc2ccccc2)C1=O. The number of rotatable bonds is 7. The van der Waals surface area contributed by atoms with Crippen LogP contribution < -0.4 is 10.2 Å². The predicted molar refractivity (Wildman–Crippen MR) is 106 cm³/mol. The van der Waals surface area contributed by atoms with Crippen molar-refractivity contribution in [1.82, 2.24) is 10.2 Å². The monoisotopic (exact) mass is 385 g/mol. The number of carbonyl (C=O) groups is 3. The number of nitrogens with zero attached hydrogens (tertiary/aromatic N) is 2. The van der Waals surface area contributed by atoms with Crippen LogP contribution in [0.3, 0.4) is 0 Å². The third-order valence-corrected chi connectivity index (χ3v) is 5.47. The molecule has 2 heterocycles. The van der Waals surface area contributed by atoms with E-state index in [1.807, 2.05) is 37.3 Å². The molecule has 1 aromatic rings. The average molecular weight is 385 g/mol. The van der Waals surface area contributed by atoms with Crippen molar-refractivity contribution in [2.45, 2.75) is 39.2 Å². The van der Waals surface area contributed by atoms with E-state index in [-0.39, 0.29) is 6.54 Å². The normalized spacial score (nSPS) is 21.8. The minimum absolute atomic E-state index is 0.143. The Labute approximate surface area is 165 Å². The van der Waals surface area contributed by atoms with Crippen LogP contribution in [0.5, 0.6) is 0 Å². The lowest BCUT2D eigenvalue weighted by molar-refractivity contribution is -0.903. The van der Waals surface area contributed by atoms with Crippen molar-refractivity contribution in [3.05, 3.63) is 35.9 Å². The molecule has 0 saturated carbocycles.